The average Bonchev–Trinajstić information content (AvgIpc) is 2.98. The van der Waals surface area contributed by atoms with Gasteiger partial charge in [-0.2, -0.15) is 0 Å². The van der Waals surface area contributed by atoms with Crippen LogP contribution in [0.5, 0.6) is 5.75 Å². The molecule has 82 heavy (non-hydrogen) atoms. The van der Waals surface area contributed by atoms with E-state index in [1.54, 1.807) is 0 Å². The highest BCUT2D eigenvalue weighted by Crippen LogP contribution is 2.38. The molecular weight excluding hydrogens is 1130 g/mol. The van der Waals surface area contributed by atoms with Gasteiger partial charge in [0.25, 0.3) is 0 Å². The lowest BCUT2D eigenvalue weighted by Crippen LogP contribution is -2.81. The fraction of sp³-hybridized carbons (Fsp3) is 0. The predicted molar refractivity (Wildman–Crippen MR) is 263 cm³/mol. The van der Waals surface area contributed by atoms with Crippen LogP contribution in [0, 0.1) is 116 Å². The lowest BCUT2D eigenvalue weighted by atomic mass is 9.12. The Labute approximate surface area is 448 Å². The summed E-state index contributed by atoms with van der Waals surface area (Å²) in [6.45, 7) is 0. The summed E-state index contributed by atoms with van der Waals surface area (Å²) in [6.07, 6.45) is 5.34. The van der Waals surface area contributed by atoms with Crippen LogP contribution in [0.1, 0.15) is 16.7 Å². The molecule has 8 aromatic carbocycles. The highest BCUT2D eigenvalue weighted by atomic mass is 19.2. The number of hydrogen-bond acceptors (Lipinski definition) is 1. The largest absolute Gasteiger partial charge is 0.456 e. The molecule has 0 unspecified atom stereocenters. The lowest BCUT2D eigenvalue weighted by molar-refractivity contribution is 0.378. The van der Waals surface area contributed by atoms with Gasteiger partial charge in [0.05, 0.1) is 17.0 Å². The molecule has 0 spiro atoms. The summed E-state index contributed by atoms with van der Waals surface area (Å²) in [4.78, 5) is 0. The maximum atomic E-state index is 15.4. The van der Waals surface area contributed by atoms with Crippen LogP contribution in [0.25, 0.3) is 39.7 Å². The summed E-state index contributed by atoms with van der Waals surface area (Å²) >= 11 is 0. The van der Waals surface area contributed by atoms with E-state index in [1.807, 2.05) is 72.8 Å². The summed E-state index contributed by atoms with van der Waals surface area (Å²) < 4.78 is 306. The first-order valence-electron chi connectivity index (χ1n) is 23.3. The van der Waals surface area contributed by atoms with Gasteiger partial charge in [-0.25, -0.2) is 92.2 Å². The zero-order chi connectivity index (χ0) is 59.2. The number of fused-ring (bicyclic) bond motifs is 2. The second-order valence-corrected chi connectivity index (χ2v) is 17.6. The zero-order valence-electron chi connectivity index (χ0n) is 40.4. The van der Waals surface area contributed by atoms with Crippen LogP contribution in [0.15, 0.2) is 150 Å². The Bertz CT molecular complexity index is 3800. The molecule has 0 fully saturated rings. The number of para-hydroxylation sites is 2. The molecule has 9 aromatic rings. The quantitative estimate of drug-likeness (QED) is 0.0359. The standard InChI is InChI=1S/C35H25O2.C24BF20/c1-4-14-26(15-5-1)34-24-28(30-20-10-12-22-32(30)36-34)18-8-3-9-19-29-25-35(27-16-6-2-7-17-27)37-33-23-13-11-21-31(29)33;26-5-1(6(27)14(35)21(42)13(5)34)25(2-7(28)15(36)22(43)16(37)8(2)29,3-9(30)17(38)23(44)18(39)10(3)31)4-11(32)19(40)24(45)20(41)12(4)33/h1-25H;/q+1;-1. The minimum absolute atomic E-state index is 0.849. The van der Waals surface area contributed by atoms with Gasteiger partial charge in [0.2, 0.25) is 0 Å². The van der Waals surface area contributed by atoms with Crippen LogP contribution < -0.4 is 26.6 Å². The van der Waals surface area contributed by atoms with Crippen LogP contribution in [-0.2, 0) is 0 Å². The molecular formula is C59H25BF20O2. The average molecular weight is 1160 g/mol. The summed E-state index contributed by atoms with van der Waals surface area (Å²) in [5.41, 5.74) is -8.04. The first-order valence-corrected chi connectivity index (χ1v) is 23.3. The Morgan fingerprint density at radius 2 is 0.720 bits per heavy atom. The minimum Gasteiger partial charge on any atom is -0.456 e. The smallest absolute Gasteiger partial charge is 0.361 e. The van der Waals surface area contributed by atoms with Gasteiger partial charge in [-0.3, -0.25) is 0 Å². The van der Waals surface area contributed by atoms with Gasteiger partial charge in [-0.15, -0.1) is 21.9 Å². The maximum Gasteiger partial charge on any atom is 0.361 e. The van der Waals surface area contributed by atoms with Crippen LogP contribution in [-0.4, -0.2) is 6.15 Å². The van der Waals surface area contributed by atoms with E-state index in [-0.39, 0.29) is 0 Å². The van der Waals surface area contributed by atoms with E-state index in [2.05, 4.69) is 78.9 Å². The van der Waals surface area contributed by atoms with Crippen molar-refractivity contribution >= 4 is 56.4 Å². The van der Waals surface area contributed by atoms with Gasteiger partial charge < -0.3 is 4.74 Å². The second kappa shape index (κ2) is 22.6. The Morgan fingerprint density at radius 1 is 0.354 bits per heavy atom. The fourth-order valence-corrected chi connectivity index (χ4v) is 9.34. The van der Waals surface area contributed by atoms with E-state index in [9.17, 15) is 52.7 Å². The molecule has 0 amide bonds. The highest BCUT2D eigenvalue weighted by molar-refractivity contribution is 7.20. The maximum absolute atomic E-state index is 15.4. The molecule has 2 heterocycles. The monoisotopic (exact) mass is 1160 g/mol. The van der Waals surface area contributed by atoms with Crippen molar-refractivity contribution in [3.63, 3.8) is 0 Å². The van der Waals surface area contributed by atoms with E-state index in [0.29, 0.717) is 0 Å². The fourth-order valence-electron chi connectivity index (χ4n) is 9.34. The summed E-state index contributed by atoms with van der Waals surface area (Å²) in [5.74, 6) is -68.8. The summed E-state index contributed by atoms with van der Waals surface area (Å²) in [7, 11) is 0. The molecule has 1 aliphatic rings. The number of benzene rings is 8. The van der Waals surface area contributed by atoms with Crippen molar-refractivity contribution in [2.75, 3.05) is 0 Å². The Kier molecular flexibility index (Phi) is 15.8. The third kappa shape index (κ3) is 9.61. The number of halogens is 20. The number of hydrogen-bond donors (Lipinski definition) is 0. The van der Waals surface area contributed by atoms with Crippen molar-refractivity contribution in [1.29, 1.82) is 0 Å². The summed E-state index contributed by atoms with van der Waals surface area (Å²) in [6, 6.07) is 38.8. The SMILES string of the molecule is C1=C(c2ccccc2)Oc2ccccc2/C1=C/C=C/C=C/c1cc(-c2ccccc2)[o+]c2ccccc12.Fc1c(F)c(F)c([B-](c2c(F)c(F)c(F)c(F)c2F)(c2c(F)c(F)c(F)c(F)c2F)c2c(F)c(F)c(F)c(F)c2F)c(F)c1F. The van der Waals surface area contributed by atoms with Crippen molar-refractivity contribution in [1.82, 2.24) is 0 Å². The zero-order valence-corrected chi connectivity index (χ0v) is 40.4. The Morgan fingerprint density at radius 3 is 1.16 bits per heavy atom. The number of rotatable bonds is 9. The Hall–Kier alpha value is -9.41. The van der Waals surface area contributed by atoms with Crippen LogP contribution in [0.3, 0.4) is 0 Å². The van der Waals surface area contributed by atoms with E-state index in [1.165, 1.54) is 0 Å². The van der Waals surface area contributed by atoms with Crippen LogP contribution in [0.2, 0.25) is 0 Å². The van der Waals surface area contributed by atoms with E-state index < -0.39 is 144 Å². The van der Waals surface area contributed by atoms with Crippen molar-refractivity contribution in [2.45, 2.75) is 0 Å². The normalized spacial score (nSPS) is 13.0. The molecule has 1 aromatic heterocycles. The molecule has 10 rings (SSSR count). The van der Waals surface area contributed by atoms with E-state index in [0.717, 1.165) is 56.1 Å². The van der Waals surface area contributed by atoms with Crippen molar-refractivity contribution in [3.8, 4) is 17.1 Å². The van der Waals surface area contributed by atoms with Gasteiger partial charge >= 0.3 is 11.3 Å². The van der Waals surface area contributed by atoms with Gasteiger partial charge in [-0.05, 0) is 35.9 Å². The molecule has 0 saturated heterocycles. The molecule has 0 N–H and O–H groups in total. The number of ether oxygens (including phenoxy) is 1. The summed E-state index contributed by atoms with van der Waals surface area (Å²) in [5, 5.41) is 1.08. The molecule has 0 aliphatic carbocycles. The van der Waals surface area contributed by atoms with Crippen LogP contribution >= 0.6 is 0 Å². The first-order chi connectivity index (χ1) is 39.1. The molecule has 1 aliphatic heterocycles. The van der Waals surface area contributed by atoms with Gasteiger partial charge in [0.15, 0.2) is 69.8 Å². The predicted octanol–water partition coefficient (Wildman–Crippen LogP) is 15.3. The second-order valence-electron chi connectivity index (χ2n) is 17.6. The van der Waals surface area contributed by atoms with Crippen molar-refractivity contribution < 1.29 is 97.0 Å². The first kappa shape index (κ1) is 57.3. The molecule has 0 radical (unpaired) electrons. The molecule has 0 saturated carbocycles. The van der Waals surface area contributed by atoms with E-state index in [4.69, 9.17) is 9.15 Å². The molecule has 0 bridgehead atoms. The molecule has 23 heteroatoms. The van der Waals surface area contributed by atoms with Gasteiger partial charge in [0.1, 0.15) is 64.2 Å². The van der Waals surface area contributed by atoms with Gasteiger partial charge in [0, 0.05) is 22.8 Å². The third-order valence-electron chi connectivity index (χ3n) is 13.0. The van der Waals surface area contributed by atoms with Crippen LogP contribution in [0.4, 0.5) is 87.8 Å². The Balaban J connectivity index is 0.000000201. The molecule has 2 nitrogen and oxygen atoms in total. The third-order valence-corrected chi connectivity index (χ3v) is 13.0. The minimum atomic E-state index is -7.22. The highest BCUT2D eigenvalue weighted by Gasteiger charge is 2.52. The topological polar surface area (TPSA) is 20.5 Å². The van der Waals surface area contributed by atoms with Crippen molar-refractivity contribution in [3.05, 3.63) is 279 Å². The molecule has 416 valence electrons. The molecule has 0 atom stereocenters. The number of allylic oxidation sites excluding steroid dienone is 6. The van der Waals surface area contributed by atoms with Crippen molar-refractivity contribution in [2.24, 2.45) is 0 Å². The van der Waals surface area contributed by atoms with E-state index >= 15 is 35.1 Å². The lowest BCUT2D eigenvalue weighted by Gasteiger charge is -2.44. The van der Waals surface area contributed by atoms with Gasteiger partial charge in [-0.1, -0.05) is 109 Å².